The van der Waals surface area contributed by atoms with Gasteiger partial charge in [-0.3, -0.25) is 19.0 Å². The Bertz CT molecular complexity index is 1010. The van der Waals surface area contributed by atoms with E-state index in [1.165, 1.54) is 10.1 Å². The van der Waals surface area contributed by atoms with Gasteiger partial charge in [-0.1, -0.05) is 6.07 Å². The van der Waals surface area contributed by atoms with Gasteiger partial charge in [0.25, 0.3) is 5.56 Å². The van der Waals surface area contributed by atoms with Crippen LogP contribution in [0.1, 0.15) is 42.0 Å². The Morgan fingerprint density at radius 3 is 2.66 bits per heavy atom. The molecular formula is C22H26N4O3. The molecule has 2 amide bonds. The van der Waals surface area contributed by atoms with Gasteiger partial charge in [-0.05, 0) is 49.9 Å². The number of nitrogens with one attached hydrogen (secondary N) is 1. The number of benzene rings is 1. The normalized spacial score (nSPS) is 18.9. The maximum Gasteiger partial charge on any atom is 0.253 e. The van der Waals surface area contributed by atoms with E-state index in [-0.39, 0.29) is 29.7 Å². The third-order valence-electron chi connectivity index (χ3n) is 5.85. The van der Waals surface area contributed by atoms with Gasteiger partial charge < -0.3 is 10.2 Å². The topological polar surface area (TPSA) is 84.3 Å². The quantitative estimate of drug-likeness (QED) is 0.811. The number of carbonyl (C=O) groups is 2. The lowest BCUT2D eigenvalue weighted by atomic mass is 10.1. The molecule has 1 atom stereocenters. The third kappa shape index (κ3) is 4.23. The van der Waals surface area contributed by atoms with E-state index in [1.807, 2.05) is 32.0 Å². The number of amides is 2. The number of aryl methyl sites for hydroxylation is 2. The lowest BCUT2D eigenvalue weighted by molar-refractivity contribution is -0.126. The van der Waals surface area contributed by atoms with Gasteiger partial charge in [0.2, 0.25) is 11.8 Å². The molecule has 7 nitrogen and oxygen atoms in total. The summed E-state index contributed by atoms with van der Waals surface area (Å²) in [6.07, 6.45) is 3.97. The molecule has 2 aliphatic rings. The minimum atomic E-state index is -0.379. The molecule has 1 aromatic carbocycles. The molecule has 0 spiro atoms. The predicted molar refractivity (Wildman–Crippen MR) is 110 cm³/mol. The van der Waals surface area contributed by atoms with Crippen LogP contribution < -0.4 is 15.8 Å². The second-order valence-electron chi connectivity index (χ2n) is 8.08. The molecule has 2 heterocycles. The minimum absolute atomic E-state index is 0.0375. The molecule has 1 aliphatic heterocycles. The Hall–Kier alpha value is -2.96. The Labute approximate surface area is 169 Å². The lowest BCUT2D eigenvalue weighted by Crippen LogP contribution is -2.36. The standard InChI is InChI=1S/C22H26N4O3/c1-14-3-6-18(9-15(14)2)26-12-17(10-21(26)28)22(29)23-7-8-25-13-24-19(11-20(25)27)16-4-5-16/h3,6,9,11,13,16-17H,4-5,7-8,10,12H2,1-2H3,(H,23,29)/t17-/m1/s1. The van der Waals surface area contributed by atoms with E-state index in [0.29, 0.717) is 25.6 Å². The lowest BCUT2D eigenvalue weighted by Gasteiger charge is -2.18. The van der Waals surface area contributed by atoms with E-state index in [0.717, 1.165) is 29.8 Å². The first-order valence-corrected chi connectivity index (χ1v) is 10.1. The van der Waals surface area contributed by atoms with E-state index in [4.69, 9.17) is 0 Å². The number of hydrogen-bond acceptors (Lipinski definition) is 4. The van der Waals surface area contributed by atoms with Gasteiger partial charge in [0.15, 0.2) is 0 Å². The van der Waals surface area contributed by atoms with Gasteiger partial charge in [0, 0.05) is 43.7 Å². The number of carbonyl (C=O) groups excluding carboxylic acids is 2. The highest BCUT2D eigenvalue weighted by Crippen LogP contribution is 2.38. The molecule has 2 aromatic rings. The van der Waals surface area contributed by atoms with Crippen molar-refractivity contribution < 1.29 is 9.59 Å². The van der Waals surface area contributed by atoms with E-state index in [9.17, 15) is 14.4 Å². The number of aromatic nitrogens is 2. The van der Waals surface area contributed by atoms with Gasteiger partial charge in [-0.25, -0.2) is 4.98 Å². The molecule has 29 heavy (non-hydrogen) atoms. The van der Waals surface area contributed by atoms with Crippen LogP contribution in [0.25, 0.3) is 0 Å². The van der Waals surface area contributed by atoms with Crippen molar-refractivity contribution in [1.29, 1.82) is 0 Å². The van der Waals surface area contributed by atoms with Crippen LogP contribution in [0.5, 0.6) is 0 Å². The fraction of sp³-hybridized carbons (Fsp3) is 0.455. The average Bonchev–Trinajstić information content (AvgIpc) is 3.47. The van der Waals surface area contributed by atoms with Gasteiger partial charge >= 0.3 is 0 Å². The molecule has 1 saturated heterocycles. The van der Waals surface area contributed by atoms with E-state index >= 15 is 0 Å². The van der Waals surface area contributed by atoms with Crippen LogP contribution in [-0.4, -0.2) is 34.5 Å². The van der Waals surface area contributed by atoms with Crippen LogP contribution in [0.15, 0.2) is 35.4 Å². The summed E-state index contributed by atoms with van der Waals surface area (Å²) in [7, 11) is 0. The predicted octanol–water partition coefficient (Wildman–Crippen LogP) is 1.91. The zero-order valence-electron chi connectivity index (χ0n) is 16.9. The molecule has 152 valence electrons. The molecule has 0 bridgehead atoms. The van der Waals surface area contributed by atoms with Gasteiger partial charge in [0.1, 0.15) is 0 Å². The second kappa shape index (κ2) is 7.81. The summed E-state index contributed by atoms with van der Waals surface area (Å²) in [6.45, 7) is 5.12. The zero-order chi connectivity index (χ0) is 20.5. The molecule has 1 saturated carbocycles. The Morgan fingerprint density at radius 1 is 1.17 bits per heavy atom. The fourth-order valence-corrected chi connectivity index (χ4v) is 3.68. The SMILES string of the molecule is Cc1ccc(N2C[C@H](C(=O)NCCn3cnc(C4CC4)cc3=O)CC2=O)cc1C. The zero-order valence-corrected chi connectivity index (χ0v) is 16.9. The molecule has 2 fully saturated rings. The Kier molecular flexibility index (Phi) is 5.22. The van der Waals surface area contributed by atoms with Gasteiger partial charge in [0.05, 0.1) is 17.9 Å². The summed E-state index contributed by atoms with van der Waals surface area (Å²) < 4.78 is 1.51. The van der Waals surface area contributed by atoms with Crippen molar-refractivity contribution in [3.8, 4) is 0 Å². The number of hydrogen-bond donors (Lipinski definition) is 1. The van der Waals surface area contributed by atoms with Crippen LogP contribution in [0.3, 0.4) is 0 Å². The molecule has 1 N–H and O–H groups in total. The highest BCUT2D eigenvalue weighted by Gasteiger charge is 2.35. The van der Waals surface area contributed by atoms with Gasteiger partial charge in [-0.2, -0.15) is 0 Å². The number of nitrogens with zero attached hydrogens (tertiary/aromatic N) is 3. The van der Waals surface area contributed by atoms with Crippen molar-refractivity contribution in [1.82, 2.24) is 14.9 Å². The van der Waals surface area contributed by atoms with Crippen molar-refractivity contribution >= 4 is 17.5 Å². The first-order valence-electron chi connectivity index (χ1n) is 10.1. The summed E-state index contributed by atoms with van der Waals surface area (Å²) in [5.74, 6) is -0.127. The summed E-state index contributed by atoms with van der Waals surface area (Å²) in [5.41, 5.74) is 3.90. The van der Waals surface area contributed by atoms with Crippen LogP contribution in [-0.2, 0) is 16.1 Å². The Balaban J connectivity index is 1.31. The molecule has 1 aromatic heterocycles. The highest BCUT2D eigenvalue weighted by atomic mass is 16.2. The van der Waals surface area contributed by atoms with Crippen LogP contribution in [0, 0.1) is 19.8 Å². The van der Waals surface area contributed by atoms with Crippen molar-refractivity contribution in [2.45, 2.75) is 45.6 Å². The van der Waals surface area contributed by atoms with E-state index in [2.05, 4.69) is 10.3 Å². The van der Waals surface area contributed by atoms with Crippen LogP contribution in [0.4, 0.5) is 5.69 Å². The van der Waals surface area contributed by atoms with Gasteiger partial charge in [-0.15, -0.1) is 0 Å². The minimum Gasteiger partial charge on any atom is -0.354 e. The number of rotatable bonds is 6. The second-order valence-corrected chi connectivity index (χ2v) is 8.08. The van der Waals surface area contributed by atoms with Crippen LogP contribution in [0.2, 0.25) is 0 Å². The monoisotopic (exact) mass is 394 g/mol. The Morgan fingerprint density at radius 2 is 1.97 bits per heavy atom. The van der Waals surface area contributed by atoms with E-state index in [1.54, 1.807) is 17.3 Å². The third-order valence-corrected chi connectivity index (χ3v) is 5.85. The molecule has 0 unspecified atom stereocenters. The first kappa shape index (κ1) is 19.4. The van der Waals surface area contributed by atoms with Crippen LogP contribution >= 0.6 is 0 Å². The highest BCUT2D eigenvalue weighted by molar-refractivity contribution is 6.00. The molecular weight excluding hydrogens is 368 g/mol. The maximum atomic E-state index is 12.5. The maximum absolute atomic E-state index is 12.5. The number of anilines is 1. The molecule has 0 radical (unpaired) electrons. The summed E-state index contributed by atoms with van der Waals surface area (Å²) in [4.78, 5) is 43.1. The van der Waals surface area contributed by atoms with Crippen molar-refractivity contribution in [3.05, 3.63) is 57.8 Å². The van der Waals surface area contributed by atoms with Crippen molar-refractivity contribution in [2.24, 2.45) is 5.92 Å². The fourth-order valence-electron chi connectivity index (χ4n) is 3.68. The summed E-state index contributed by atoms with van der Waals surface area (Å²) >= 11 is 0. The largest absolute Gasteiger partial charge is 0.354 e. The van der Waals surface area contributed by atoms with Crippen molar-refractivity contribution in [3.63, 3.8) is 0 Å². The first-order chi connectivity index (χ1) is 13.9. The van der Waals surface area contributed by atoms with Crippen molar-refractivity contribution in [2.75, 3.05) is 18.0 Å². The average molecular weight is 394 g/mol. The summed E-state index contributed by atoms with van der Waals surface area (Å²) in [6, 6.07) is 7.49. The molecule has 1 aliphatic carbocycles. The summed E-state index contributed by atoms with van der Waals surface area (Å²) in [5, 5.41) is 2.86. The van der Waals surface area contributed by atoms with E-state index < -0.39 is 0 Å². The smallest absolute Gasteiger partial charge is 0.253 e. The molecule has 4 rings (SSSR count). The molecule has 7 heteroatoms.